The zero-order valence-corrected chi connectivity index (χ0v) is 13.2. The minimum absolute atomic E-state index is 0.136. The molecule has 0 bridgehead atoms. The molecule has 1 atom stereocenters. The monoisotopic (exact) mass is 314 g/mol. The van der Waals surface area contributed by atoms with Gasteiger partial charge in [-0.05, 0) is 23.8 Å². The molecule has 2 aromatic carbocycles. The highest BCUT2D eigenvalue weighted by Crippen LogP contribution is 2.24. The van der Waals surface area contributed by atoms with Crippen LogP contribution in [0, 0.1) is 5.92 Å². The van der Waals surface area contributed by atoms with E-state index in [1.54, 1.807) is 6.07 Å². The van der Waals surface area contributed by atoms with Gasteiger partial charge in [-0.25, -0.2) is 0 Å². The first-order valence-corrected chi connectivity index (χ1v) is 7.58. The summed E-state index contributed by atoms with van der Waals surface area (Å²) in [5.41, 5.74) is 0. The average molecular weight is 314 g/mol. The Morgan fingerprint density at radius 1 is 1.13 bits per heavy atom. The third-order valence-electron chi connectivity index (χ3n) is 3.44. The SMILES string of the molecule is CC(C)C[C@H](NC(=O)COc1cccc2ccccc12)C(=O)[O-]. The number of nitrogens with one attached hydrogen (secondary N) is 1. The third-order valence-corrected chi connectivity index (χ3v) is 3.44. The second-order valence-corrected chi connectivity index (χ2v) is 5.83. The Kier molecular flexibility index (Phi) is 5.57. The van der Waals surface area contributed by atoms with Crippen LogP contribution in [0.5, 0.6) is 5.75 Å². The lowest BCUT2D eigenvalue weighted by molar-refractivity contribution is -0.308. The van der Waals surface area contributed by atoms with Crippen molar-refractivity contribution in [2.45, 2.75) is 26.3 Å². The summed E-state index contributed by atoms with van der Waals surface area (Å²) in [4.78, 5) is 23.0. The predicted octanol–water partition coefficient (Wildman–Crippen LogP) is 1.50. The molecule has 122 valence electrons. The Balaban J connectivity index is 1.99. The Morgan fingerprint density at radius 2 is 1.83 bits per heavy atom. The lowest BCUT2D eigenvalue weighted by Gasteiger charge is -2.21. The van der Waals surface area contributed by atoms with E-state index in [1.165, 1.54) is 0 Å². The van der Waals surface area contributed by atoms with Crippen molar-refractivity contribution in [3.8, 4) is 5.75 Å². The number of aliphatic carboxylic acids is 1. The van der Waals surface area contributed by atoms with Gasteiger partial charge in [-0.3, -0.25) is 4.79 Å². The third kappa shape index (κ3) is 4.71. The standard InChI is InChI=1S/C18H21NO4/c1-12(2)10-15(18(21)22)19-17(20)11-23-16-9-5-7-13-6-3-4-8-14(13)16/h3-9,12,15H,10-11H2,1-2H3,(H,19,20)(H,21,22)/p-1/t15-/m0/s1. The van der Waals surface area contributed by atoms with Gasteiger partial charge in [0, 0.05) is 5.39 Å². The van der Waals surface area contributed by atoms with Gasteiger partial charge in [-0.1, -0.05) is 50.2 Å². The lowest BCUT2D eigenvalue weighted by atomic mass is 10.0. The summed E-state index contributed by atoms with van der Waals surface area (Å²) >= 11 is 0. The van der Waals surface area contributed by atoms with E-state index >= 15 is 0 Å². The van der Waals surface area contributed by atoms with Gasteiger partial charge in [0.1, 0.15) is 5.75 Å². The Hall–Kier alpha value is -2.56. The Labute approximate surface area is 135 Å². The number of hydrogen-bond donors (Lipinski definition) is 1. The summed E-state index contributed by atoms with van der Waals surface area (Å²) in [6, 6.07) is 12.3. The average Bonchev–Trinajstić information content (AvgIpc) is 2.51. The molecule has 0 unspecified atom stereocenters. The molecule has 0 saturated carbocycles. The number of rotatable bonds is 7. The lowest BCUT2D eigenvalue weighted by Crippen LogP contribution is -2.49. The molecular weight excluding hydrogens is 294 g/mol. The first-order valence-electron chi connectivity index (χ1n) is 7.58. The fourth-order valence-electron chi connectivity index (χ4n) is 2.39. The summed E-state index contributed by atoms with van der Waals surface area (Å²) in [5.74, 6) is -1.03. The maximum Gasteiger partial charge on any atom is 0.258 e. The highest BCUT2D eigenvalue weighted by molar-refractivity contribution is 5.89. The molecule has 1 amide bonds. The zero-order valence-electron chi connectivity index (χ0n) is 13.2. The molecule has 0 radical (unpaired) electrons. The van der Waals surface area contributed by atoms with Crippen molar-refractivity contribution in [1.82, 2.24) is 5.32 Å². The van der Waals surface area contributed by atoms with Crippen molar-refractivity contribution in [3.05, 3.63) is 42.5 Å². The van der Waals surface area contributed by atoms with E-state index in [0.717, 1.165) is 10.8 Å². The molecule has 0 aliphatic carbocycles. The molecule has 2 aromatic rings. The van der Waals surface area contributed by atoms with Gasteiger partial charge >= 0.3 is 0 Å². The summed E-state index contributed by atoms with van der Waals surface area (Å²) in [6.07, 6.45) is 0.322. The number of fused-ring (bicyclic) bond motifs is 1. The maximum absolute atomic E-state index is 11.9. The van der Waals surface area contributed by atoms with Gasteiger partial charge < -0.3 is 20.0 Å². The maximum atomic E-state index is 11.9. The van der Waals surface area contributed by atoms with Crippen LogP contribution in [0.15, 0.2) is 42.5 Å². The molecule has 0 aromatic heterocycles. The fourth-order valence-corrected chi connectivity index (χ4v) is 2.39. The van der Waals surface area contributed by atoms with E-state index in [1.807, 2.05) is 50.2 Å². The number of carboxylic acid groups (broad SMARTS) is 1. The van der Waals surface area contributed by atoms with Gasteiger partial charge in [-0.2, -0.15) is 0 Å². The van der Waals surface area contributed by atoms with Crippen LogP contribution in [0.2, 0.25) is 0 Å². The highest BCUT2D eigenvalue weighted by Gasteiger charge is 2.15. The number of benzene rings is 2. The second kappa shape index (κ2) is 7.63. The quantitative estimate of drug-likeness (QED) is 0.840. The summed E-state index contributed by atoms with van der Waals surface area (Å²) in [5, 5.41) is 15.4. The second-order valence-electron chi connectivity index (χ2n) is 5.83. The molecule has 5 heteroatoms. The molecule has 23 heavy (non-hydrogen) atoms. The van der Waals surface area contributed by atoms with E-state index in [-0.39, 0.29) is 12.5 Å². The van der Waals surface area contributed by atoms with E-state index in [2.05, 4.69) is 5.32 Å². The van der Waals surface area contributed by atoms with Crippen molar-refractivity contribution >= 4 is 22.6 Å². The van der Waals surface area contributed by atoms with Crippen LogP contribution in [0.25, 0.3) is 10.8 Å². The summed E-state index contributed by atoms with van der Waals surface area (Å²) < 4.78 is 5.54. The first kappa shape index (κ1) is 16.8. The predicted molar refractivity (Wildman–Crippen MR) is 85.8 cm³/mol. The van der Waals surface area contributed by atoms with Gasteiger partial charge in [-0.15, -0.1) is 0 Å². The van der Waals surface area contributed by atoms with E-state index < -0.39 is 17.9 Å². The normalized spacial score (nSPS) is 12.1. The van der Waals surface area contributed by atoms with Crippen LogP contribution >= 0.6 is 0 Å². The van der Waals surface area contributed by atoms with Gasteiger partial charge in [0.2, 0.25) is 0 Å². The molecule has 2 rings (SSSR count). The van der Waals surface area contributed by atoms with Crippen LogP contribution in [0.4, 0.5) is 0 Å². The van der Waals surface area contributed by atoms with Crippen molar-refractivity contribution in [2.75, 3.05) is 6.61 Å². The number of carboxylic acids is 1. The van der Waals surface area contributed by atoms with Gasteiger partial charge in [0.05, 0.1) is 12.0 Å². The number of carbonyl (C=O) groups excluding carboxylic acids is 2. The molecule has 0 aliphatic rings. The number of ether oxygens (including phenoxy) is 1. The van der Waals surface area contributed by atoms with Crippen LogP contribution < -0.4 is 15.2 Å². The Bertz CT molecular complexity index is 691. The summed E-state index contributed by atoms with van der Waals surface area (Å²) in [6.45, 7) is 3.53. The molecular formula is C18H20NO4-. The summed E-state index contributed by atoms with van der Waals surface area (Å²) in [7, 11) is 0. The molecule has 0 aliphatic heterocycles. The molecule has 5 nitrogen and oxygen atoms in total. The van der Waals surface area contributed by atoms with E-state index in [4.69, 9.17) is 4.74 Å². The smallest absolute Gasteiger partial charge is 0.258 e. The van der Waals surface area contributed by atoms with Crippen LogP contribution in [0.1, 0.15) is 20.3 Å². The molecule has 0 spiro atoms. The minimum Gasteiger partial charge on any atom is -0.548 e. The Morgan fingerprint density at radius 3 is 2.52 bits per heavy atom. The number of amides is 1. The number of hydrogen-bond acceptors (Lipinski definition) is 4. The van der Waals surface area contributed by atoms with Gasteiger partial charge in [0.25, 0.3) is 5.91 Å². The molecule has 0 saturated heterocycles. The van der Waals surface area contributed by atoms with Gasteiger partial charge in [0.15, 0.2) is 6.61 Å². The largest absolute Gasteiger partial charge is 0.548 e. The van der Waals surface area contributed by atoms with Crippen molar-refractivity contribution in [2.24, 2.45) is 5.92 Å². The minimum atomic E-state index is -1.28. The zero-order chi connectivity index (χ0) is 16.8. The first-order chi connectivity index (χ1) is 11.0. The fraction of sp³-hybridized carbons (Fsp3) is 0.333. The molecule has 0 fully saturated rings. The highest BCUT2D eigenvalue weighted by atomic mass is 16.5. The van der Waals surface area contributed by atoms with Crippen LogP contribution in [-0.2, 0) is 9.59 Å². The van der Waals surface area contributed by atoms with Crippen molar-refractivity contribution in [3.63, 3.8) is 0 Å². The van der Waals surface area contributed by atoms with Crippen LogP contribution in [0.3, 0.4) is 0 Å². The van der Waals surface area contributed by atoms with Crippen LogP contribution in [-0.4, -0.2) is 24.5 Å². The van der Waals surface area contributed by atoms with Crippen molar-refractivity contribution in [1.29, 1.82) is 0 Å². The number of carbonyl (C=O) groups is 2. The topological polar surface area (TPSA) is 78.5 Å². The van der Waals surface area contributed by atoms with E-state index in [0.29, 0.717) is 12.2 Å². The van der Waals surface area contributed by atoms with Crippen molar-refractivity contribution < 1.29 is 19.4 Å². The molecule has 1 N–H and O–H groups in total. The molecule has 0 heterocycles. The van der Waals surface area contributed by atoms with E-state index in [9.17, 15) is 14.7 Å².